The normalized spacial score (nSPS) is 22.8. The Morgan fingerprint density at radius 2 is 0.881 bits per heavy atom. The van der Waals surface area contributed by atoms with Gasteiger partial charge in [-0.15, -0.1) is 0 Å². The van der Waals surface area contributed by atoms with Crippen molar-refractivity contribution >= 4 is 35.4 Å². The van der Waals surface area contributed by atoms with Gasteiger partial charge < -0.3 is 55.0 Å². The Kier molecular flexibility index (Phi) is 29.5. The van der Waals surface area contributed by atoms with Gasteiger partial charge in [0.25, 0.3) is 0 Å². The largest absolute Gasteiger partial charge is 0.472 e. The minimum Gasteiger partial charge on any atom is -0.462 e. The first-order chi connectivity index (χ1) is 27.8. The lowest BCUT2D eigenvalue weighted by Gasteiger charge is -2.44. The molecule has 20 nitrogen and oxygen atoms in total. The predicted molar refractivity (Wildman–Crippen MR) is 214 cm³/mol. The number of carbonyl (C=O) groups excluding carboxylic acids is 2. The smallest absolute Gasteiger partial charge is 0.462 e. The van der Waals surface area contributed by atoms with Crippen LogP contribution in [-0.2, 0) is 50.9 Å². The molecule has 4 unspecified atom stereocenters. The summed E-state index contributed by atoms with van der Waals surface area (Å²) in [5.41, 5.74) is 5.51. The number of phosphoric acid groups is 3. The predicted octanol–water partition coefficient (Wildman–Crippen LogP) is 4.95. The first-order valence-corrected chi connectivity index (χ1v) is 25.6. The molecule has 350 valence electrons. The van der Waals surface area contributed by atoms with E-state index in [9.17, 15) is 63.1 Å². The number of ether oxygens (including phenoxy) is 2. The van der Waals surface area contributed by atoms with E-state index in [0.717, 1.165) is 77.0 Å². The average molecular weight is 916 g/mol. The number of aliphatic hydroxyl groups excluding tert-OH is 3. The number of unbranched alkanes of at least 4 members (excludes halogenated alkanes) is 19. The van der Waals surface area contributed by atoms with E-state index in [2.05, 4.69) is 16.0 Å². The molecule has 1 fully saturated rings. The highest BCUT2D eigenvalue weighted by atomic mass is 31.2. The summed E-state index contributed by atoms with van der Waals surface area (Å²) >= 11 is 0. The Hall–Kier alpha value is -0.890. The molecular formula is C36H72NO19P3. The fraction of sp³-hybridized carbons (Fsp3) is 0.944. The van der Waals surface area contributed by atoms with E-state index in [1.807, 2.05) is 0 Å². The highest BCUT2D eigenvalue weighted by Gasteiger charge is 2.56. The monoisotopic (exact) mass is 915 g/mol. The van der Waals surface area contributed by atoms with Crippen molar-refractivity contribution in [3.05, 3.63) is 0 Å². The second-order valence-electron chi connectivity index (χ2n) is 15.1. The lowest BCUT2D eigenvalue weighted by molar-refractivity contribution is -0.213. The molecule has 59 heavy (non-hydrogen) atoms. The lowest BCUT2D eigenvalue weighted by atomic mass is 9.85. The van der Waals surface area contributed by atoms with Gasteiger partial charge in [-0.3, -0.25) is 27.7 Å². The van der Waals surface area contributed by atoms with Gasteiger partial charge >= 0.3 is 35.4 Å². The molecule has 1 saturated carbocycles. The molecule has 0 bridgehead atoms. The van der Waals surface area contributed by atoms with Crippen LogP contribution in [0.25, 0.3) is 0 Å². The van der Waals surface area contributed by atoms with E-state index in [4.69, 9.17) is 24.3 Å². The molecule has 10 N–H and O–H groups in total. The summed E-state index contributed by atoms with van der Waals surface area (Å²) in [6.45, 7) is 1.36. The maximum Gasteiger partial charge on any atom is 0.472 e. The first kappa shape index (κ1) is 56.1. The van der Waals surface area contributed by atoms with Crippen LogP contribution in [0.4, 0.5) is 0 Å². The van der Waals surface area contributed by atoms with Crippen molar-refractivity contribution in [1.82, 2.24) is 0 Å². The Morgan fingerprint density at radius 1 is 0.525 bits per heavy atom. The summed E-state index contributed by atoms with van der Waals surface area (Å²) in [6, 6.07) is 0. The van der Waals surface area contributed by atoms with E-state index >= 15 is 0 Å². The van der Waals surface area contributed by atoms with Gasteiger partial charge in [-0.05, 0) is 25.8 Å². The number of esters is 2. The summed E-state index contributed by atoms with van der Waals surface area (Å²) in [4.78, 5) is 72.8. The van der Waals surface area contributed by atoms with Crippen LogP contribution in [0.5, 0.6) is 0 Å². The summed E-state index contributed by atoms with van der Waals surface area (Å²) in [5.74, 6) is -1.33. The molecule has 1 aliphatic carbocycles. The van der Waals surface area contributed by atoms with Crippen LogP contribution in [0.3, 0.4) is 0 Å². The zero-order valence-electron chi connectivity index (χ0n) is 34.4. The van der Waals surface area contributed by atoms with Crippen LogP contribution in [0.1, 0.15) is 155 Å². The third-order valence-electron chi connectivity index (χ3n) is 9.76. The fourth-order valence-electron chi connectivity index (χ4n) is 6.60. The SMILES string of the molecule is CCCCCCCCCCCCCCCC(=O)O[C@H](COC(=O)CCCCCCCCCCN)COP(=O)(O)OC1C(O)[C@H](OP(=O)(O)O)C(O)[C@H](OP(=O)(O)O)[C@@H]1O. The number of nitrogens with two attached hydrogens (primary N) is 1. The standard InChI is InChI=1S/C36H72NO19P3/c1-2-3-4-5-6-7-8-9-10-11-15-18-21-24-30(39)53-28(26-51-29(38)23-20-17-14-12-13-16-19-22-25-37)27-52-59(49,50)56-36-32(41)34(54-57(43,44)45)31(40)35(33(36)42)55-58(46,47)48/h28,31-36,40-42H,2-27,37H2,1H3,(H,49,50)(H2,43,44,45)(H2,46,47,48)/t28-,31?,32+,33?,34+,35-,36?/m1/s1. The number of carbonyl (C=O) groups is 2. The molecule has 1 aliphatic rings. The van der Waals surface area contributed by atoms with Crippen LogP contribution in [0, 0.1) is 0 Å². The molecule has 0 spiro atoms. The van der Waals surface area contributed by atoms with E-state index < -0.39 is 91.3 Å². The van der Waals surface area contributed by atoms with Gasteiger partial charge in [-0.2, -0.15) is 0 Å². The van der Waals surface area contributed by atoms with Crippen molar-refractivity contribution < 1.29 is 90.6 Å². The zero-order chi connectivity index (χ0) is 44.3. The van der Waals surface area contributed by atoms with Gasteiger partial charge in [0.15, 0.2) is 6.10 Å². The van der Waals surface area contributed by atoms with E-state index in [-0.39, 0.29) is 12.8 Å². The van der Waals surface area contributed by atoms with Gasteiger partial charge in [-0.25, -0.2) is 13.7 Å². The molecule has 0 saturated heterocycles. The van der Waals surface area contributed by atoms with E-state index in [1.54, 1.807) is 0 Å². The molecule has 0 aromatic heterocycles. The Bertz CT molecular complexity index is 1250. The molecular weight excluding hydrogens is 843 g/mol. The zero-order valence-corrected chi connectivity index (χ0v) is 37.1. The number of rotatable bonds is 36. The maximum absolute atomic E-state index is 13.1. The van der Waals surface area contributed by atoms with Crippen molar-refractivity contribution in [2.45, 2.75) is 197 Å². The van der Waals surface area contributed by atoms with Gasteiger partial charge in [0.05, 0.1) is 6.61 Å². The third-order valence-corrected chi connectivity index (χ3v) is 11.8. The highest BCUT2D eigenvalue weighted by Crippen LogP contribution is 2.51. The molecule has 0 aromatic rings. The number of aliphatic hydroxyl groups is 3. The maximum atomic E-state index is 13.1. The van der Waals surface area contributed by atoms with Gasteiger partial charge in [0, 0.05) is 12.8 Å². The quantitative estimate of drug-likeness (QED) is 0.0228. The Balaban J connectivity index is 2.82. The van der Waals surface area contributed by atoms with Crippen molar-refractivity contribution in [2.75, 3.05) is 19.8 Å². The Labute approximate surface area is 348 Å². The highest BCUT2D eigenvalue weighted by molar-refractivity contribution is 7.47. The Morgan fingerprint density at radius 3 is 1.27 bits per heavy atom. The van der Waals surface area contributed by atoms with Crippen molar-refractivity contribution in [1.29, 1.82) is 0 Å². The second-order valence-corrected chi connectivity index (χ2v) is 18.9. The molecule has 0 amide bonds. The number of hydrogen-bond donors (Lipinski definition) is 9. The molecule has 0 radical (unpaired) electrons. The molecule has 23 heteroatoms. The van der Waals surface area contributed by atoms with Crippen LogP contribution < -0.4 is 5.73 Å². The van der Waals surface area contributed by atoms with E-state index in [1.165, 1.54) is 44.9 Å². The minimum absolute atomic E-state index is 0.00752. The lowest BCUT2D eigenvalue weighted by Crippen LogP contribution is -2.65. The fourth-order valence-corrected chi connectivity index (χ4v) is 8.71. The third kappa shape index (κ3) is 27.7. The van der Waals surface area contributed by atoms with Crippen LogP contribution in [-0.4, -0.2) is 114 Å². The number of hydrogen-bond acceptors (Lipinski definition) is 15. The molecule has 0 heterocycles. The molecule has 8 atom stereocenters. The molecule has 1 rings (SSSR count). The summed E-state index contributed by atoms with van der Waals surface area (Å²) in [6.07, 6.45) is 5.43. The van der Waals surface area contributed by atoms with Gasteiger partial charge in [0.2, 0.25) is 0 Å². The van der Waals surface area contributed by atoms with Crippen LogP contribution >= 0.6 is 23.5 Å². The van der Waals surface area contributed by atoms with Gasteiger partial charge in [-0.1, -0.05) is 122 Å². The second kappa shape index (κ2) is 31.0. The molecule has 0 aromatic carbocycles. The van der Waals surface area contributed by atoms with Crippen molar-refractivity contribution in [2.24, 2.45) is 5.73 Å². The first-order valence-electron chi connectivity index (χ1n) is 21.0. The van der Waals surface area contributed by atoms with Crippen LogP contribution in [0.2, 0.25) is 0 Å². The van der Waals surface area contributed by atoms with Gasteiger partial charge in [0.1, 0.15) is 43.2 Å². The summed E-state index contributed by atoms with van der Waals surface area (Å²) in [7, 11) is -16.6. The van der Waals surface area contributed by atoms with Crippen molar-refractivity contribution in [3.63, 3.8) is 0 Å². The van der Waals surface area contributed by atoms with Crippen LogP contribution in [0.15, 0.2) is 0 Å². The molecule has 0 aliphatic heterocycles. The summed E-state index contributed by atoms with van der Waals surface area (Å²) < 4.78 is 65.2. The number of phosphoric ester groups is 3. The minimum atomic E-state index is -5.54. The average Bonchev–Trinajstić information content (AvgIpc) is 3.15. The van der Waals surface area contributed by atoms with E-state index in [0.29, 0.717) is 19.4 Å². The topological polar surface area (TPSA) is 329 Å². The summed E-state index contributed by atoms with van der Waals surface area (Å²) in [5, 5.41) is 31.7. The van der Waals surface area contributed by atoms with Crippen molar-refractivity contribution in [3.8, 4) is 0 Å².